The fourth-order valence-electron chi connectivity index (χ4n) is 0.355. The first-order valence-electron chi connectivity index (χ1n) is 2.78. The minimum Gasteiger partial charge on any atom is -0.395 e. The van der Waals surface area contributed by atoms with Crippen LogP contribution in [0.5, 0.6) is 0 Å². The lowest BCUT2D eigenvalue weighted by Gasteiger charge is -2.13. The molecule has 5 N–H and O–H groups in total. The van der Waals surface area contributed by atoms with Crippen molar-refractivity contribution in [3.8, 4) is 0 Å². The first-order valence-corrected chi connectivity index (χ1v) is 2.78. The van der Waals surface area contributed by atoms with Gasteiger partial charge >= 0.3 is 0 Å². The van der Waals surface area contributed by atoms with Crippen LogP contribution in [0.3, 0.4) is 0 Å². The van der Waals surface area contributed by atoms with Gasteiger partial charge in [-0.3, -0.25) is 0 Å². The Kier molecular flexibility index (Phi) is 3.77. The highest BCUT2D eigenvalue weighted by Gasteiger charge is 2.07. The molecular formula is C5H14N2O. The van der Waals surface area contributed by atoms with Gasteiger partial charge in [-0.25, -0.2) is 0 Å². The van der Waals surface area contributed by atoms with E-state index in [2.05, 4.69) is 0 Å². The minimum absolute atomic E-state index is 0.0262. The standard InChI is InChI=1S/C5H14N2O/c1-4(2-6)5(7)3-8/h4-5,8H,2-3,6-7H2,1H3. The van der Waals surface area contributed by atoms with Crippen LogP contribution in [-0.2, 0) is 0 Å². The predicted octanol–water partition coefficient (Wildman–Crippen LogP) is -1.10. The van der Waals surface area contributed by atoms with Gasteiger partial charge in [-0.1, -0.05) is 6.92 Å². The maximum absolute atomic E-state index is 8.46. The van der Waals surface area contributed by atoms with Gasteiger partial charge in [0.15, 0.2) is 0 Å². The van der Waals surface area contributed by atoms with Crippen molar-refractivity contribution in [2.75, 3.05) is 13.2 Å². The molecule has 0 aromatic heterocycles. The lowest BCUT2D eigenvalue weighted by molar-refractivity contribution is 0.234. The summed E-state index contributed by atoms with van der Waals surface area (Å²) in [6, 6.07) is -0.153. The van der Waals surface area contributed by atoms with E-state index in [0.717, 1.165) is 0 Å². The van der Waals surface area contributed by atoms with E-state index in [4.69, 9.17) is 16.6 Å². The zero-order chi connectivity index (χ0) is 6.57. The van der Waals surface area contributed by atoms with Crippen molar-refractivity contribution in [3.05, 3.63) is 0 Å². The first kappa shape index (κ1) is 7.88. The van der Waals surface area contributed by atoms with Crippen LogP contribution < -0.4 is 11.5 Å². The number of rotatable bonds is 3. The molecule has 0 amide bonds. The third-order valence-corrected chi connectivity index (χ3v) is 1.31. The molecule has 50 valence electrons. The highest BCUT2D eigenvalue weighted by Crippen LogP contribution is 1.94. The van der Waals surface area contributed by atoms with Crippen molar-refractivity contribution in [3.63, 3.8) is 0 Å². The molecule has 0 heterocycles. The van der Waals surface area contributed by atoms with Gasteiger partial charge in [0.2, 0.25) is 0 Å². The molecule has 0 rings (SSSR count). The smallest absolute Gasteiger partial charge is 0.0585 e. The fourth-order valence-corrected chi connectivity index (χ4v) is 0.355. The number of hydrogen-bond donors (Lipinski definition) is 3. The normalized spacial score (nSPS) is 18.0. The Morgan fingerprint density at radius 2 is 2.12 bits per heavy atom. The minimum atomic E-state index is -0.153. The van der Waals surface area contributed by atoms with Crippen LogP contribution in [-0.4, -0.2) is 24.3 Å². The van der Waals surface area contributed by atoms with Crippen molar-refractivity contribution >= 4 is 0 Å². The number of hydrogen-bond acceptors (Lipinski definition) is 3. The summed E-state index contributed by atoms with van der Waals surface area (Å²) in [5.74, 6) is 0.222. The molecule has 0 aliphatic carbocycles. The zero-order valence-corrected chi connectivity index (χ0v) is 5.17. The monoisotopic (exact) mass is 118 g/mol. The van der Waals surface area contributed by atoms with Gasteiger partial charge in [-0.2, -0.15) is 0 Å². The Bertz CT molecular complexity index is 50.4. The molecule has 0 aromatic carbocycles. The molecule has 0 saturated carbocycles. The van der Waals surface area contributed by atoms with Crippen molar-refractivity contribution in [1.82, 2.24) is 0 Å². The van der Waals surface area contributed by atoms with Gasteiger partial charge in [0, 0.05) is 6.04 Å². The molecule has 0 fully saturated rings. The van der Waals surface area contributed by atoms with E-state index in [1.807, 2.05) is 6.92 Å². The summed E-state index contributed by atoms with van der Waals surface area (Å²) in [4.78, 5) is 0. The summed E-state index contributed by atoms with van der Waals surface area (Å²) in [6.45, 7) is 2.49. The Morgan fingerprint density at radius 1 is 1.62 bits per heavy atom. The molecule has 0 bridgehead atoms. The van der Waals surface area contributed by atoms with Crippen molar-refractivity contribution in [2.24, 2.45) is 17.4 Å². The molecule has 3 heteroatoms. The van der Waals surface area contributed by atoms with Crippen molar-refractivity contribution in [1.29, 1.82) is 0 Å². The molecule has 8 heavy (non-hydrogen) atoms. The Labute approximate surface area is 49.7 Å². The second kappa shape index (κ2) is 3.83. The summed E-state index contributed by atoms with van der Waals surface area (Å²) < 4.78 is 0. The fraction of sp³-hybridized carbons (Fsp3) is 1.00. The van der Waals surface area contributed by atoms with Crippen molar-refractivity contribution < 1.29 is 5.11 Å². The predicted molar refractivity (Wildman–Crippen MR) is 33.3 cm³/mol. The molecule has 0 radical (unpaired) electrons. The lowest BCUT2D eigenvalue weighted by atomic mass is 10.0. The summed E-state index contributed by atoms with van der Waals surface area (Å²) in [7, 11) is 0. The molecule has 3 nitrogen and oxygen atoms in total. The molecule has 0 aliphatic heterocycles. The second-order valence-electron chi connectivity index (χ2n) is 2.06. The number of nitrogens with two attached hydrogens (primary N) is 2. The third-order valence-electron chi connectivity index (χ3n) is 1.31. The van der Waals surface area contributed by atoms with E-state index < -0.39 is 0 Å². The first-order chi connectivity index (χ1) is 3.72. The molecule has 0 saturated heterocycles. The summed E-state index contributed by atoms with van der Waals surface area (Å²) >= 11 is 0. The van der Waals surface area contributed by atoms with Gasteiger partial charge in [0.1, 0.15) is 0 Å². The van der Waals surface area contributed by atoms with Crippen LogP contribution in [0.25, 0.3) is 0 Å². The van der Waals surface area contributed by atoms with Crippen LogP contribution in [0.2, 0.25) is 0 Å². The maximum Gasteiger partial charge on any atom is 0.0585 e. The SMILES string of the molecule is CC(CN)C(N)CO. The Balaban J connectivity index is 3.29. The quantitative estimate of drug-likeness (QED) is 0.440. The van der Waals surface area contributed by atoms with E-state index in [1.165, 1.54) is 0 Å². The largest absolute Gasteiger partial charge is 0.395 e. The van der Waals surface area contributed by atoms with E-state index >= 15 is 0 Å². The Hall–Kier alpha value is -0.120. The zero-order valence-electron chi connectivity index (χ0n) is 5.17. The summed E-state index contributed by atoms with van der Waals surface area (Å²) in [6.07, 6.45) is 0. The van der Waals surface area contributed by atoms with Crippen LogP contribution in [0, 0.1) is 5.92 Å². The van der Waals surface area contributed by atoms with Gasteiger partial charge in [-0.05, 0) is 12.5 Å². The van der Waals surface area contributed by atoms with Crippen LogP contribution in [0.15, 0.2) is 0 Å². The van der Waals surface area contributed by atoms with E-state index in [9.17, 15) is 0 Å². The lowest BCUT2D eigenvalue weighted by Crippen LogP contribution is -2.35. The van der Waals surface area contributed by atoms with Gasteiger partial charge in [0.05, 0.1) is 6.61 Å². The van der Waals surface area contributed by atoms with E-state index in [-0.39, 0.29) is 18.6 Å². The maximum atomic E-state index is 8.46. The van der Waals surface area contributed by atoms with E-state index in [0.29, 0.717) is 6.54 Å². The van der Waals surface area contributed by atoms with Crippen LogP contribution >= 0.6 is 0 Å². The Morgan fingerprint density at radius 3 is 2.25 bits per heavy atom. The third kappa shape index (κ3) is 2.26. The topological polar surface area (TPSA) is 72.3 Å². The second-order valence-corrected chi connectivity index (χ2v) is 2.06. The number of aliphatic hydroxyl groups excluding tert-OH is 1. The molecule has 0 spiro atoms. The van der Waals surface area contributed by atoms with Gasteiger partial charge in [0.25, 0.3) is 0 Å². The molecular weight excluding hydrogens is 104 g/mol. The molecule has 0 aliphatic rings. The highest BCUT2D eigenvalue weighted by molar-refractivity contribution is 4.67. The van der Waals surface area contributed by atoms with Crippen LogP contribution in [0.4, 0.5) is 0 Å². The molecule has 2 atom stereocenters. The number of aliphatic hydroxyl groups is 1. The summed E-state index contributed by atoms with van der Waals surface area (Å²) in [5.41, 5.74) is 10.7. The molecule has 0 aromatic rings. The van der Waals surface area contributed by atoms with Crippen LogP contribution in [0.1, 0.15) is 6.92 Å². The van der Waals surface area contributed by atoms with Gasteiger partial charge < -0.3 is 16.6 Å². The summed E-state index contributed by atoms with van der Waals surface area (Å²) in [5, 5.41) is 8.46. The van der Waals surface area contributed by atoms with Crippen molar-refractivity contribution in [2.45, 2.75) is 13.0 Å². The average molecular weight is 118 g/mol. The molecule has 2 unspecified atom stereocenters. The van der Waals surface area contributed by atoms with Gasteiger partial charge in [-0.15, -0.1) is 0 Å². The highest BCUT2D eigenvalue weighted by atomic mass is 16.3. The van der Waals surface area contributed by atoms with E-state index in [1.54, 1.807) is 0 Å². The average Bonchev–Trinajstić information content (AvgIpc) is 1.84.